The molecule has 0 saturated carbocycles. The van der Waals surface area contributed by atoms with Gasteiger partial charge in [0.1, 0.15) is 5.82 Å². The second-order valence-corrected chi connectivity index (χ2v) is 7.37. The summed E-state index contributed by atoms with van der Waals surface area (Å²) in [5, 5.41) is 6.06. The van der Waals surface area contributed by atoms with E-state index >= 15 is 0 Å². The molecule has 0 bridgehead atoms. The number of halogens is 1. The van der Waals surface area contributed by atoms with Gasteiger partial charge in [0.05, 0.1) is 4.90 Å². The molecule has 1 aliphatic rings. The Hall–Kier alpha value is -1.51. The van der Waals surface area contributed by atoms with Crippen LogP contribution in [-0.4, -0.2) is 40.5 Å². The Morgan fingerprint density at radius 1 is 1.26 bits per heavy atom. The van der Waals surface area contributed by atoms with Crippen LogP contribution < -0.4 is 15.4 Å². The summed E-state index contributed by atoms with van der Waals surface area (Å²) in [6.45, 7) is 2.64. The zero-order valence-corrected chi connectivity index (χ0v) is 13.7. The Morgan fingerprint density at radius 2 is 2.00 bits per heavy atom. The second kappa shape index (κ2) is 8.37. The van der Waals surface area contributed by atoms with Crippen LogP contribution in [0.25, 0.3) is 0 Å². The Bertz CT molecular complexity index is 613. The van der Waals surface area contributed by atoms with Gasteiger partial charge < -0.3 is 10.6 Å². The largest absolute Gasteiger partial charge is 0.356 e. The van der Waals surface area contributed by atoms with E-state index in [1.54, 1.807) is 0 Å². The van der Waals surface area contributed by atoms with E-state index in [1.165, 1.54) is 12.1 Å². The molecule has 0 radical (unpaired) electrons. The van der Waals surface area contributed by atoms with Gasteiger partial charge in [-0.2, -0.15) is 0 Å². The Morgan fingerprint density at radius 3 is 2.65 bits per heavy atom. The maximum Gasteiger partial charge on any atom is 0.240 e. The molecule has 8 heteroatoms. The Labute approximate surface area is 135 Å². The van der Waals surface area contributed by atoms with Crippen molar-refractivity contribution in [3.05, 3.63) is 30.1 Å². The Kier molecular flexibility index (Phi) is 6.49. The van der Waals surface area contributed by atoms with E-state index in [0.29, 0.717) is 12.5 Å². The number of hydrogen-bond donors (Lipinski definition) is 3. The quantitative estimate of drug-likeness (QED) is 0.645. The molecule has 1 saturated heterocycles. The van der Waals surface area contributed by atoms with Gasteiger partial charge in [-0.05, 0) is 56.1 Å². The molecule has 0 aliphatic carbocycles. The average Bonchev–Trinajstić information content (AvgIpc) is 3.01. The van der Waals surface area contributed by atoms with Crippen molar-refractivity contribution in [1.29, 1.82) is 0 Å². The summed E-state index contributed by atoms with van der Waals surface area (Å²) >= 11 is 0. The molecule has 0 spiro atoms. The fraction of sp³-hybridized carbons (Fsp3) is 0.533. The minimum atomic E-state index is -3.71. The highest BCUT2D eigenvalue weighted by molar-refractivity contribution is 7.89. The van der Waals surface area contributed by atoms with Gasteiger partial charge in [0.25, 0.3) is 0 Å². The first-order chi connectivity index (χ1) is 11.0. The van der Waals surface area contributed by atoms with Crippen LogP contribution in [0, 0.1) is 11.7 Å². The molecule has 23 heavy (non-hydrogen) atoms. The third-order valence-corrected chi connectivity index (χ3v) is 5.28. The van der Waals surface area contributed by atoms with E-state index in [-0.39, 0.29) is 23.8 Å². The Balaban J connectivity index is 1.66. The number of benzene rings is 1. The van der Waals surface area contributed by atoms with Crippen molar-refractivity contribution in [2.24, 2.45) is 5.92 Å². The molecule has 1 atom stereocenters. The van der Waals surface area contributed by atoms with Gasteiger partial charge in [0, 0.05) is 19.5 Å². The van der Waals surface area contributed by atoms with Crippen molar-refractivity contribution in [2.75, 3.05) is 26.2 Å². The van der Waals surface area contributed by atoms with Gasteiger partial charge in [-0.15, -0.1) is 0 Å². The molecule has 3 N–H and O–H groups in total. The van der Waals surface area contributed by atoms with Crippen molar-refractivity contribution in [2.45, 2.75) is 24.2 Å². The van der Waals surface area contributed by atoms with Crippen LogP contribution >= 0.6 is 0 Å². The zero-order chi connectivity index (χ0) is 16.7. The SMILES string of the molecule is O=C(CCNS(=O)(=O)c1ccc(F)cc1)NCCC1CCNC1. The van der Waals surface area contributed by atoms with E-state index in [1.807, 2.05) is 0 Å². The molecule has 1 aromatic carbocycles. The van der Waals surface area contributed by atoms with Gasteiger partial charge in [0.2, 0.25) is 15.9 Å². The summed E-state index contributed by atoms with van der Waals surface area (Å²) in [6, 6.07) is 4.54. The summed E-state index contributed by atoms with van der Waals surface area (Å²) in [6.07, 6.45) is 2.14. The summed E-state index contributed by atoms with van der Waals surface area (Å²) in [7, 11) is -3.71. The van der Waals surface area contributed by atoms with E-state index < -0.39 is 15.8 Å². The molecule has 1 aromatic rings. The molecular weight excluding hydrogens is 321 g/mol. The third-order valence-electron chi connectivity index (χ3n) is 3.81. The molecule has 0 aromatic heterocycles. The van der Waals surface area contributed by atoms with Crippen LogP contribution in [-0.2, 0) is 14.8 Å². The average molecular weight is 343 g/mol. The summed E-state index contributed by atoms with van der Waals surface area (Å²) in [5.41, 5.74) is 0. The first-order valence-corrected chi connectivity index (χ1v) is 9.18. The van der Waals surface area contributed by atoms with Gasteiger partial charge in [-0.25, -0.2) is 17.5 Å². The number of rotatable bonds is 8. The molecule has 1 unspecified atom stereocenters. The topological polar surface area (TPSA) is 87.3 Å². The van der Waals surface area contributed by atoms with Gasteiger partial charge >= 0.3 is 0 Å². The molecule has 1 fully saturated rings. The number of carbonyl (C=O) groups is 1. The lowest BCUT2D eigenvalue weighted by Gasteiger charge is -2.10. The first-order valence-electron chi connectivity index (χ1n) is 7.70. The smallest absolute Gasteiger partial charge is 0.240 e. The van der Waals surface area contributed by atoms with Crippen molar-refractivity contribution in [3.8, 4) is 0 Å². The molecule has 1 aliphatic heterocycles. The van der Waals surface area contributed by atoms with Crippen LogP contribution in [0.1, 0.15) is 19.3 Å². The number of nitrogens with one attached hydrogen (secondary N) is 3. The molecular formula is C15H22FN3O3S. The standard InChI is InChI=1S/C15H22FN3O3S/c16-13-1-3-14(4-2-13)23(21,22)19-10-7-15(20)18-9-6-12-5-8-17-11-12/h1-4,12,17,19H,5-11H2,(H,18,20). The molecule has 1 heterocycles. The fourth-order valence-electron chi connectivity index (χ4n) is 2.46. The van der Waals surface area contributed by atoms with Gasteiger partial charge in [-0.1, -0.05) is 0 Å². The van der Waals surface area contributed by atoms with Crippen molar-refractivity contribution in [1.82, 2.24) is 15.4 Å². The lowest BCUT2D eigenvalue weighted by atomic mass is 10.1. The third kappa shape index (κ3) is 5.89. The lowest BCUT2D eigenvalue weighted by Crippen LogP contribution is -2.31. The van der Waals surface area contributed by atoms with Crippen molar-refractivity contribution >= 4 is 15.9 Å². The van der Waals surface area contributed by atoms with E-state index in [2.05, 4.69) is 15.4 Å². The summed E-state index contributed by atoms with van der Waals surface area (Å²) in [5.74, 6) is -0.0779. The minimum Gasteiger partial charge on any atom is -0.356 e. The predicted octanol–water partition coefficient (Wildman–Crippen LogP) is 0.610. The van der Waals surface area contributed by atoms with Crippen LogP contribution in [0.2, 0.25) is 0 Å². The normalized spacial score (nSPS) is 18.0. The van der Waals surface area contributed by atoms with E-state index in [9.17, 15) is 17.6 Å². The number of sulfonamides is 1. The molecule has 2 rings (SSSR count). The molecule has 6 nitrogen and oxygen atoms in total. The maximum atomic E-state index is 12.8. The van der Waals surface area contributed by atoms with E-state index in [4.69, 9.17) is 0 Å². The van der Waals surface area contributed by atoms with Crippen molar-refractivity contribution in [3.63, 3.8) is 0 Å². The van der Waals surface area contributed by atoms with Crippen LogP contribution in [0.5, 0.6) is 0 Å². The highest BCUT2D eigenvalue weighted by atomic mass is 32.2. The molecule has 1 amide bonds. The highest BCUT2D eigenvalue weighted by Crippen LogP contribution is 2.11. The lowest BCUT2D eigenvalue weighted by molar-refractivity contribution is -0.120. The summed E-state index contributed by atoms with van der Waals surface area (Å²) in [4.78, 5) is 11.7. The number of amides is 1. The van der Waals surface area contributed by atoms with Gasteiger partial charge in [0.15, 0.2) is 0 Å². The van der Waals surface area contributed by atoms with Crippen LogP contribution in [0.4, 0.5) is 4.39 Å². The fourth-order valence-corrected chi connectivity index (χ4v) is 3.49. The number of carbonyl (C=O) groups excluding carboxylic acids is 1. The van der Waals surface area contributed by atoms with Crippen LogP contribution in [0.3, 0.4) is 0 Å². The second-order valence-electron chi connectivity index (χ2n) is 5.60. The van der Waals surface area contributed by atoms with E-state index in [0.717, 1.165) is 38.1 Å². The highest BCUT2D eigenvalue weighted by Gasteiger charge is 2.15. The maximum absolute atomic E-state index is 12.8. The van der Waals surface area contributed by atoms with Crippen LogP contribution in [0.15, 0.2) is 29.2 Å². The predicted molar refractivity (Wildman–Crippen MR) is 84.8 cm³/mol. The molecule has 128 valence electrons. The monoisotopic (exact) mass is 343 g/mol. The number of hydrogen-bond acceptors (Lipinski definition) is 4. The zero-order valence-electron chi connectivity index (χ0n) is 12.8. The van der Waals surface area contributed by atoms with Gasteiger partial charge in [-0.3, -0.25) is 4.79 Å². The summed E-state index contributed by atoms with van der Waals surface area (Å²) < 4.78 is 39.0. The first kappa shape index (κ1) is 17.8. The minimum absolute atomic E-state index is 0.0104. The van der Waals surface area contributed by atoms with Crippen molar-refractivity contribution < 1.29 is 17.6 Å².